The molecule has 0 radical (unpaired) electrons. The Kier molecular flexibility index (Phi) is 5.73. The van der Waals surface area contributed by atoms with E-state index >= 15 is 0 Å². The molecule has 1 fully saturated rings. The van der Waals surface area contributed by atoms with Gasteiger partial charge in [-0.3, -0.25) is 9.78 Å². The molecule has 0 aromatic carbocycles. The number of hydrogen-bond acceptors (Lipinski definition) is 7. The Balaban J connectivity index is 1.89. The third-order valence-corrected chi connectivity index (χ3v) is 6.27. The fourth-order valence-corrected chi connectivity index (χ4v) is 4.10. The highest BCUT2D eigenvalue weighted by molar-refractivity contribution is 6.29. The lowest BCUT2D eigenvalue weighted by atomic mass is 10.0. The van der Waals surface area contributed by atoms with Gasteiger partial charge in [0.25, 0.3) is 0 Å². The first-order valence-electron chi connectivity index (χ1n) is 10.4. The second kappa shape index (κ2) is 8.14. The minimum atomic E-state index is -3.29. The summed E-state index contributed by atoms with van der Waals surface area (Å²) in [7, 11) is 4.07. The summed E-state index contributed by atoms with van der Waals surface area (Å²) in [5.41, 5.74) is 6.27. The van der Waals surface area contributed by atoms with Crippen LogP contribution in [-0.4, -0.2) is 68.3 Å². The van der Waals surface area contributed by atoms with Gasteiger partial charge in [-0.15, -0.1) is 5.10 Å². The summed E-state index contributed by atoms with van der Waals surface area (Å²) in [5, 5.41) is 5.29. The molecule has 1 aliphatic heterocycles. The average molecular weight is 479 g/mol. The molecule has 4 heterocycles. The molecule has 1 atom stereocenters. The quantitative estimate of drug-likeness (QED) is 0.542. The molecule has 3 aromatic rings. The van der Waals surface area contributed by atoms with Crippen molar-refractivity contribution < 1.29 is 13.6 Å². The van der Waals surface area contributed by atoms with Gasteiger partial charge in [-0.1, -0.05) is 11.6 Å². The number of carbonyl (C=O) groups is 1. The van der Waals surface area contributed by atoms with E-state index in [2.05, 4.69) is 31.7 Å². The minimum Gasteiger partial charge on any atom is -0.369 e. The Labute approximate surface area is 194 Å². The minimum absolute atomic E-state index is 0.0505. The van der Waals surface area contributed by atoms with E-state index in [-0.39, 0.29) is 22.9 Å². The fraction of sp³-hybridized carbons (Fsp3) is 0.476. The number of halogens is 3. The number of fused-ring (bicyclic) bond motifs is 1. The molecule has 1 saturated heterocycles. The highest BCUT2D eigenvalue weighted by Crippen LogP contribution is 2.35. The van der Waals surface area contributed by atoms with E-state index in [4.69, 9.17) is 22.4 Å². The third kappa shape index (κ3) is 4.47. The number of pyridine rings is 1. The maximum atomic E-state index is 14.0. The van der Waals surface area contributed by atoms with Crippen LogP contribution in [0.15, 0.2) is 18.3 Å². The summed E-state index contributed by atoms with van der Waals surface area (Å²) >= 11 is 6.05. The number of likely N-dealkylation sites (N-methyl/N-ethyl adjacent to an activating group) is 1. The van der Waals surface area contributed by atoms with Crippen molar-refractivity contribution >= 4 is 34.2 Å². The number of primary amides is 1. The number of aromatic nitrogens is 5. The Morgan fingerprint density at radius 2 is 2.06 bits per heavy atom. The second-order valence-electron chi connectivity index (χ2n) is 8.90. The lowest BCUT2D eigenvalue weighted by molar-refractivity contribution is -0.117. The SMILES string of the molecule is CN(C)C1(C)CCN(c2nn(-c3cc(Cl)nc(C(C)(F)F)n3)c3cc(CC(N)=O)ncc23)C1. The van der Waals surface area contributed by atoms with Crippen LogP contribution >= 0.6 is 11.6 Å². The first-order chi connectivity index (χ1) is 15.4. The van der Waals surface area contributed by atoms with Gasteiger partial charge in [-0.2, -0.15) is 8.78 Å². The smallest absolute Gasteiger partial charge is 0.303 e. The summed E-state index contributed by atoms with van der Waals surface area (Å²) in [6.45, 7) is 4.36. The number of carbonyl (C=O) groups excluding carboxylic acids is 1. The van der Waals surface area contributed by atoms with Crippen molar-refractivity contribution in [3.63, 3.8) is 0 Å². The molecule has 3 aromatic heterocycles. The van der Waals surface area contributed by atoms with Crippen molar-refractivity contribution in [2.24, 2.45) is 5.73 Å². The second-order valence-corrected chi connectivity index (χ2v) is 9.28. The molecule has 176 valence electrons. The van der Waals surface area contributed by atoms with E-state index < -0.39 is 17.7 Å². The normalized spacial score (nSPS) is 19.1. The van der Waals surface area contributed by atoms with Crippen LogP contribution in [0.4, 0.5) is 14.6 Å². The molecule has 0 aliphatic carbocycles. The Hall–Kier alpha value is -2.92. The molecule has 12 heteroatoms. The van der Waals surface area contributed by atoms with E-state index in [9.17, 15) is 13.6 Å². The number of rotatable bonds is 6. The van der Waals surface area contributed by atoms with Gasteiger partial charge in [-0.05, 0) is 33.5 Å². The van der Waals surface area contributed by atoms with Crippen LogP contribution in [0.2, 0.25) is 5.15 Å². The number of alkyl halides is 2. The van der Waals surface area contributed by atoms with Crippen molar-refractivity contribution in [2.75, 3.05) is 32.1 Å². The number of anilines is 1. The van der Waals surface area contributed by atoms with Gasteiger partial charge in [0, 0.05) is 37.8 Å². The monoisotopic (exact) mass is 478 g/mol. The lowest BCUT2D eigenvalue weighted by Crippen LogP contribution is -2.43. The summed E-state index contributed by atoms with van der Waals surface area (Å²) in [5.74, 6) is -3.79. The lowest BCUT2D eigenvalue weighted by Gasteiger charge is -2.32. The van der Waals surface area contributed by atoms with Crippen molar-refractivity contribution in [3.05, 3.63) is 35.0 Å². The van der Waals surface area contributed by atoms with Gasteiger partial charge in [0.15, 0.2) is 11.6 Å². The summed E-state index contributed by atoms with van der Waals surface area (Å²) < 4.78 is 29.4. The molecule has 33 heavy (non-hydrogen) atoms. The zero-order chi connectivity index (χ0) is 24.1. The van der Waals surface area contributed by atoms with E-state index in [0.29, 0.717) is 29.3 Å². The van der Waals surface area contributed by atoms with Crippen LogP contribution in [-0.2, 0) is 17.1 Å². The first kappa shape index (κ1) is 23.2. The zero-order valence-electron chi connectivity index (χ0n) is 18.8. The van der Waals surface area contributed by atoms with E-state index in [1.54, 1.807) is 12.3 Å². The maximum absolute atomic E-state index is 14.0. The van der Waals surface area contributed by atoms with Crippen LogP contribution in [0.3, 0.4) is 0 Å². The molecule has 0 saturated carbocycles. The molecule has 4 rings (SSSR count). The molecule has 9 nitrogen and oxygen atoms in total. The molecule has 0 bridgehead atoms. The van der Waals surface area contributed by atoms with Gasteiger partial charge in [0.2, 0.25) is 11.7 Å². The average Bonchev–Trinajstić information content (AvgIpc) is 3.28. The predicted octanol–water partition coefficient (Wildman–Crippen LogP) is 2.53. The maximum Gasteiger partial charge on any atom is 0.303 e. The Bertz CT molecular complexity index is 1220. The van der Waals surface area contributed by atoms with Gasteiger partial charge in [-0.25, -0.2) is 14.6 Å². The largest absolute Gasteiger partial charge is 0.369 e. The molecular weight excluding hydrogens is 454 g/mol. The zero-order valence-corrected chi connectivity index (χ0v) is 19.6. The van der Waals surface area contributed by atoms with Crippen molar-refractivity contribution in [2.45, 2.75) is 38.2 Å². The van der Waals surface area contributed by atoms with Crippen LogP contribution in [0.1, 0.15) is 31.8 Å². The molecular formula is C21H25ClF2N8O. The highest BCUT2D eigenvalue weighted by atomic mass is 35.5. The molecule has 1 aliphatic rings. The number of nitrogens with zero attached hydrogens (tertiary/aromatic N) is 7. The first-order valence-corrected chi connectivity index (χ1v) is 10.8. The van der Waals surface area contributed by atoms with E-state index in [1.165, 1.54) is 10.7 Å². The summed E-state index contributed by atoms with van der Waals surface area (Å²) in [6, 6.07) is 3.03. The summed E-state index contributed by atoms with van der Waals surface area (Å²) in [4.78, 5) is 27.8. The Morgan fingerprint density at radius 3 is 2.67 bits per heavy atom. The van der Waals surface area contributed by atoms with Crippen molar-refractivity contribution in [3.8, 4) is 5.82 Å². The standard InChI is InChI=1S/C21H25ClF2N8O/c1-20(30(3)4)5-6-31(11-20)18-13-10-26-12(8-16(25)33)7-14(13)32(29-18)17-9-15(22)27-19(28-17)21(2,23)24/h7,9-10H,5-6,8,11H2,1-4H3,(H2,25,33). The van der Waals surface area contributed by atoms with Crippen LogP contribution in [0, 0.1) is 0 Å². The van der Waals surface area contributed by atoms with Gasteiger partial charge in [0.05, 0.1) is 23.0 Å². The number of hydrogen-bond donors (Lipinski definition) is 1. The van der Waals surface area contributed by atoms with Gasteiger partial charge in [0.1, 0.15) is 5.15 Å². The fourth-order valence-electron chi connectivity index (χ4n) is 3.92. The van der Waals surface area contributed by atoms with Crippen LogP contribution in [0.5, 0.6) is 0 Å². The number of amides is 1. The van der Waals surface area contributed by atoms with E-state index in [1.807, 2.05) is 14.1 Å². The molecule has 2 N–H and O–H groups in total. The molecule has 1 unspecified atom stereocenters. The summed E-state index contributed by atoms with van der Waals surface area (Å²) in [6.07, 6.45) is 2.48. The van der Waals surface area contributed by atoms with Crippen molar-refractivity contribution in [1.82, 2.24) is 29.6 Å². The predicted molar refractivity (Wildman–Crippen MR) is 121 cm³/mol. The van der Waals surface area contributed by atoms with Crippen LogP contribution in [0.25, 0.3) is 16.7 Å². The van der Waals surface area contributed by atoms with E-state index in [0.717, 1.165) is 19.5 Å². The number of nitrogens with two attached hydrogens (primary N) is 1. The molecule has 1 amide bonds. The van der Waals surface area contributed by atoms with Gasteiger partial charge >= 0.3 is 5.92 Å². The topological polar surface area (TPSA) is 106 Å². The Morgan fingerprint density at radius 1 is 1.33 bits per heavy atom. The molecule has 0 spiro atoms. The highest BCUT2D eigenvalue weighted by Gasteiger charge is 2.37. The van der Waals surface area contributed by atoms with Crippen LogP contribution < -0.4 is 10.6 Å². The van der Waals surface area contributed by atoms with Gasteiger partial charge < -0.3 is 15.5 Å². The third-order valence-electron chi connectivity index (χ3n) is 6.08. The van der Waals surface area contributed by atoms with Crippen molar-refractivity contribution in [1.29, 1.82) is 0 Å².